The normalized spacial score (nSPS) is 13.9. The highest BCUT2D eigenvalue weighted by Gasteiger charge is 2.28. The number of hydrogen-bond donors (Lipinski definition) is 3. The average molecular weight is 543 g/mol. The van der Waals surface area contributed by atoms with Crippen molar-refractivity contribution in [1.29, 1.82) is 0 Å². The quantitative estimate of drug-likeness (QED) is 0.310. The lowest BCUT2D eigenvalue weighted by Gasteiger charge is -2.30. The number of hydrogen-bond acceptors (Lipinski definition) is 6. The minimum absolute atomic E-state index is 0.0546. The molecule has 0 atom stereocenters. The summed E-state index contributed by atoms with van der Waals surface area (Å²) in [7, 11) is 0. The van der Waals surface area contributed by atoms with Gasteiger partial charge in [-0.05, 0) is 30.4 Å². The number of aliphatic carboxylic acids is 1. The Kier molecular flexibility index (Phi) is 7.72. The number of carboxylic acids is 1. The van der Waals surface area contributed by atoms with Crippen LogP contribution in [0.15, 0.2) is 54.7 Å². The lowest BCUT2D eigenvalue weighted by Crippen LogP contribution is -2.40. The molecule has 1 fully saturated rings. The number of carbonyl (C=O) groups is 4. The molecular formula is C29H30N6O5. The van der Waals surface area contributed by atoms with Crippen LogP contribution in [0, 0.1) is 0 Å². The topological polar surface area (TPSA) is 147 Å². The Bertz CT molecular complexity index is 1610. The molecule has 11 nitrogen and oxygen atoms in total. The molecule has 1 aliphatic heterocycles. The van der Waals surface area contributed by atoms with Crippen molar-refractivity contribution < 1.29 is 24.3 Å². The summed E-state index contributed by atoms with van der Waals surface area (Å²) >= 11 is 0. The number of nitrogens with one attached hydrogen (secondary N) is 2. The molecule has 11 heteroatoms. The molecule has 2 aromatic heterocycles. The smallest absolute Gasteiger partial charge is 0.322 e. The highest BCUT2D eigenvalue weighted by atomic mass is 16.4. The zero-order valence-electron chi connectivity index (χ0n) is 22.1. The molecule has 0 aliphatic carbocycles. The van der Waals surface area contributed by atoms with Crippen LogP contribution < -0.4 is 10.6 Å². The lowest BCUT2D eigenvalue weighted by atomic mass is 9.89. The Balaban J connectivity index is 1.48. The zero-order valence-corrected chi connectivity index (χ0v) is 22.1. The summed E-state index contributed by atoms with van der Waals surface area (Å²) in [6.07, 6.45) is 3.35. The zero-order chi connectivity index (χ0) is 28.2. The Labute approximate surface area is 230 Å². The van der Waals surface area contributed by atoms with Crippen LogP contribution in [0.5, 0.6) is 0 Å². The first-order valence-corrected chi connectivity index (χ1v) is 13.2. The fourth-order valence-corrected chi connectivity index (χ4v) is 5.18. The summed E-state index contributed by atoms with van der Waals surface area (Å²) in [4.78, 5) is 53.8. The van der Waals surface area contributed by atoms with Crippen LogP contribution in [0.2, 0.25) is 0 Å². The second-order valence-corrected chi connectivity index (χ2v) is 9.89. The van der Waals surface area contributed by atoms with E-state index in [1.165, 1.54) is 0 Å². The number of piperidine rings is 1. The molecule has 1 aliphatic rings. The van der Waals surface area contributed by atoms with Crippen LogP contribution in [-0.4, -0.2) is 74.6 Å². The molecule has 40 heavy (non-hydrogen) atoms. The minimum Gasteiger partial charge on any atom is -0.480 e. The number of aromatic nitrogens is 3. The van der Waals surface area contributed by atoms with Crippen molar-refractivity contribution in [3.8, 4) is 11.3 Å². The molecule has 3 amide bonds. The number of likely N-dealkylation sites (tertiary alicyclic amines) is 1. The van der Waals surface area contributed by atoms with Gasteiger partial charge in [0.2, 0.25) is 17.7 Å². The molecule has 0 bridgehead atoms. The van der Waals surface area contributed by atoms with E-state index in [9.17, 15) is 19.2 Å². The third-order valence-electron chi connectivity index (χ3n) is 7.22. The van der Waals surface area contributed by atoms with E-state index in [0.29, 0.717) is 13.1 Å². The molecule has 1 saturated heterocycles. The molecular weight excluding hydrogens is 512 g/mol. The Morgan fingerprint density at radius 1 is 0.950 bits per heavy atom. The Morgan fingerprint density at radius 2 is 1.68 bits per heavy atom. The van der Waals surface area contributed by atoms with E-state index < -0.39 is 24.3 Å². The van der Waals surface area contributed by atoms with Crippen LogP contribution in [0.25, 0.3) is 32.9 Å². The number of amides is 3. The number of carboxylic acid groups (broad SMARTS) is 1. The number of pyridine rings is 1. The summed E-state index contributed by atoms with van der Waals surface area (Å²) < 4.78 is 1.64. The van der Waals surface area contributed by atoms with Gasteiger partial charge in [-0.25, -0.2) is 0 Å². The van der Waals surface area contributed by atoms with Crippen molar-refractivity contribution in [2.24, 2.45) is 0 Å². The molecule has 0 unspecified atom stereocenters. The first-order valence-electron chi connectivity index (χ1n) is 13.2. The van der Waals surface area contributed by atoms with Crippen molar-refractivity contribution >= 4 is 45.4 Å². The van der Waals surface area contributed by atoms with Crippen LogP contribution in [0.3, 0.4) is 0 Å². The van der Waals surface area contributed by atoms with E-state index in [1.54, 1.807) is 11.6 Å². The van der Waals surface area contributed by atoms with Gasteiger partial charge >= 0.3 is 5.97 Å². The largest absolute Gasteiger partial charge is 0.480 e. The molecule has 2 aromatic carbocycles. The molecule has 0 radical (unpaired) electrons. The predicted octanol–water partition coefficient (Wildman–Crippen LogP) is 2.29. The monoisotopic (exact) mass is 542 g/mol. The maximum absolute atomic E-state index is 12.8. The molecule has 4 aromatic rings. The van der Waals surface area contributed by atoms with E-state index in [2.05, 4.69) is 10.6 Å². The number of carbonyl (C=O) groups excluding carboxylic acids is 3. The lowest BCUT2D eigenvalue weighted by molar-refractivity contribution is -0.137. The van der Waals surface area contributed by atoms with Gasteiger partial charge in [0.25, 0.3) is 0 Å². The molecule has 0 saturated carbocycles. The van der Waals surface area contributed by atoms with Gasteiger partial charge < -0.3 is 20.6 Å². The average Bonchev–Trinajstić information content (AvgIpc) is 3.33. The number of fused-ring (bicyclic) bond motifs is 2. The van der Waals surface area contributed by atoms with Crippen LogP contribution in [-0.2, 0) is 25.7 Å². The fraction of sp³-hybridized carbons (Fsp3) is 0.310. The summed E-state index contributed by atoms with van der Waals surface area (Å²) in [6, 6.07) is 15.9. The van der Waals surface area contributed by atoms with E-state index in [1.807, 2.05) is 59.6 Å². The van der Waals surface area contributed by atoms with Gasteiger partial charge in [-0.15, -0.1) is 0 Å². The van der Waals surface area contributed by atoms with Gasteiger partial charge in [0.15, 0.2) is 0 Å². The standard InChI is InChI=1S/C29H30N6O5/c1-18(36)34-11-9-19(10-12-34)29-28-22(23-13-20-5-2-3-6-21(20)14-30-23)7-4-8-24(28)35(33-29)17-26(38)31-15-25(37)32-16-27(39)40/h2-8,13-14,19H,9-12,15-17H2,1H3,(H,31,38)(H,32,37)(H,39,40). The molecule has 0 spiro atoms. The summed E-state index contributed by atoms with van der Waals surface area (Å²) in [5.74, 6) is -2.04. The van der Waals surface area contributed by atoms with Gasteiger partial charge in [-0.3, -0.25) is 28.8 Å². The summed E-state index contributed by atoms with van der Waals surface area (Å²) in [6.45, 7) is 1.87. The van der Waals surface area contributed by atoms with Crippen molar-refractivity contribution in [2.75, 3.05) is 26.2 Å². The first kappa shape index (κ1) is 26.8. The minimum atomic E-state index is -1.17. The third-order valence-corrected chi connectivity index (χ3v) is 7.22. The van der Waals surface area contributed by atoms with Gasteiger partial charge in [-0.1, -0.05) is 36.4 Å². The molecule has 206 valence electrons. The second kappa shape index (κ2) is 11.5. The molecule has 3 heterocycles. The van der Waals surface area contributed by atoms with E-state index in [0.717, 1.165) is 51.5 Å². The number of rotatable bonds is 8. The fourth-order valence-electron chi connectivity index (χ4n) is 5.18. The van der Waals surface area contributed by atoms with Crippen LogP contribution in [0.1, 0.15) is 31.4 Å². The maximum Gasteiger partial charge on any atom is 0.322 e. The first-order chi connectivity index (χ1) is 19.3. The van der Waals surface area contributed by atoms with Gasteiger partial charge in [0, 0.05) is 48.5 Å². The van der Waals surface area contributed by atoms with Crippen LogP contribution >= 0.6 is 0 Å². The van der Waals surface area contributed by atoms with Crippen molar-refractivity contribution in [1.82, 2.24) is 30.3 Å². The SMILES string of the molecule is CC(=O)N1CCC(c2nn(CC(=O)NCC(=O)NCC(=O)O)c3cccc(-c4cc5ccccc5cn4)c23)CC1. The van der Waals surface area contributed by atoms with E-state index >= 15 is 0 Å². The van der Waals surface area contributed by atoms with E-state index in [-0.39, 0.29) is 24.9 Å². The van der Waals surface area contributed by atoms with Crippen molar-refractivity contribution in [3.63, 3.8) is 0 Å². The van der Waals surface area contributed by atoms with Crippen molar-refractivity contribution in [3.05, 3.63) is 60.4 Å². The predicted molar refractivity (Wildman–Crippen MR) is 148 cm³/mol. The molecule has 5 rings (SSSR count). The summed E-state index contributed by atoms with van der Waals surface area (Å²) in [5, 5.41) is 21.4. The Morgan fingerprint density at radius 3 is 2.40 bits per heavy atom. The third kappa shape index (κ3) is 5.78. The van der Waals surface area contributed by atoms with Gasteiger partial charge in [0.1, 0.15) is 13.1 Å². The highest BCUT2D eigenvalue weighted by molar-refractivity contribution is 5.99. The van der Waals surface area contributed by atoms with Crippen LogP contribution in [0.4, 0.5) is 0 Å². The second-order valence-electron chi connectivity index (χ2n) is 9.89. The summed E-state index contributed by atoms with van der Waals surface area (Å²) in [5.41, 5.74) is 3.33. The number of benzene rings is 2. The van der Waals surface area contributed by atoms with Gasteiger partial charge in [-0.2, -0.15) is 5.10 Å². The number of nitrogens with zero attached hydrogens (tertiary/aromatic N) is 4. The Hall–Kier alpha value is -4.80. The van der Waals surface area contributed by atoms with E-state index in [4.69, 9.17) is 15.2 Å². The van der Waals surface area contributed by atoms with Crippen molar-refractivity contribution in [2.45, 2.75) is 32.2 Å². The highest BCUT2D eigenvalue weighted by Crippen LogP contribution is 2.38. The maximum atomic E-state index is 12.8. The van der Waals surface area contributed by atoms with Gasteiger partial charge in [0.05, 0.1) is 23.4 Å². The molecule has 3 N–H and O–H groups in total.